The van der Waals surface area contributed by atoms with E-state index in [4.69, 9.17) is 4.74 Å². The lowest BCUT2D eigenvalue weighted by atomic mass is 10.1. The van der Waals surface area contributed by atoms with Crippen LogP contribution in [0.1, 0.15) is 32.6 Å². The third kappa shape index (κ3) is 4.56. The van der Waals surface area contributed by atoms with E-state index in [9.17, 15) is 4.79 Å². The molecule has 0 aromatic heterocycles. The van der Waals surface area contributed by atoms with Crippen molar-refractivity contribution in [1.29, 1.82) is 0 Å². The zero-order valence-corrected chi connectivity index (χ0v) is 11.4. The Bertz CT molecular complexity index is 243. The molecule has 16 heavy (non-hydrogen) atoms. The average molecular weight is 290 g/mol. The lowest BCUT2D eigenvalue weighted by Crippen LogP contribution is -2.24. The molecule has 1 heterocycles. The Balaban J connectivity index is 2.36. The molecule has 0 aromatic rings. The topological polar surface area (TPSA) is 29.5 Å². The fraction of sp³-hybridized carbons (Fsp3) is 0.750. The van der Waals surface area contributed by atoms with Crippen molar-refractivity contribution in [2.24, 2.45) is 0 Å². The first-order valence-corrected chi connectivity index (χ1v) is 7.06. The average Bonchev–Trinajstić information content (AvgIpc) is 2.71. The molecule has 92 valence electrons. The summed E-state index contributed by atoms with van der Waals surface area (Å²) in [6.45, 7) is 3.32. The Hall–Kier alpha value is -0.510. The van der Waals surface area contributed by atoms with Crippen LogP contribution in [0.25, 0.3) is 0 Å². The fourth-order valence-electron chi connectivity index (χ4n) is 2.02. The van der Waals surface area contributed by atoms with Crippen molar-refractivity contribution in [3.05, 3.63) is 12.3 Å². The highest BCUT2D eigenvalue weighted by molar-refractivity contribution is 9.09. The number of nitrogens with zero attached hydrogens (tertiary/aromatic N) is 1. The molecule has 0 amide bonds. The molecule has 4 heteroatoms. The molecule has 1 saturated heterocycles. The van der Waals surface area contributed by atoms with Gasteiger partial charge in [-0.2, -0.15) is 0 Å². The molecule has 0 unspecified atom stereocenters. The van der Waals surface area contributed by atoms with Crippen molar-refractivity contribution < 1.29 is 9.53 Å². The minimum Gasteiger partial charge on any atom is -0.463 e. The van der Waals surface area contributed by atoms with Crippen molar-refractivity contribution in [2.75, 3.05) is 18.5 Å². The first kappa shape index (κ1) is 13.6. The van der Waals surface area contributed by atoms with Crippen LogP contribution in [0.4, 0.5) is 0 Å². The molecule has 0 saturated carbocycles. The quantitative estimate of drug-likeness (QED) is 0.428. The van der Waals surface area contributed by atoms with E-state index in [1.807, 2.05) is 13.1 Å². The standard InChI is InChI=1S/C12H20BrNO2/c1-2-16-12(15)7-10-14-9-4-6-11(14)5-3-8-13/h7,10-11H,2-6,8-9H2,1H3/b10-7+/t11-/m1/s1. The predicted octanol–water partition coefficient (Wildman–Crippen LogP) is 2.70. The maximum Gasteiger partial charge on any atom is 0.332 e. The number of ether oxygens (including phenoxy) is 1. The molecule has 0 aromatic carbocycles. The second-order valence-corrected chi connectivity index (χ2v) is 4.73. The molecular weight excluding hydrogens is 270 g/mol. The summed E-state index contributed by atoms with van der Waals surface area (Å²) in [5.41, 5.74) is 0. The molecule has 0 bridgehead atoms. The number of halogens is 1. The second-order valence-electron chi connectivity index (χ2n) is 3.93. The SMILES string of the molecule is CCOC(=O)/C=C/N1CCC[C@H]1CCCBr. The number of alkyl halides is 1. The lowest BCUT2D eigenvalue weighted by Gasteiger charge is -2.22. The summed E-state index contributed by atoms with van der Waals surface area (Å²) in [6, 6.07) is 0.600. The van der Waals surface area contributed by atoms with Gasteiger partial charge in [-0.25, -0.2) is 4.79 Å². The maximum atomic E-state index is 11.2. The van der Waals surface area contributed by atoms with Gasteiger partial charge in [0.2, 0.25) is 0 Å². The van der Waals surface area contributed by atoms with E-state index >= 15 is 0 Å². The van der Waals surface area contributed by atoms with Crippen molar-refractivity contribution in [3.63, 3.8) is 0 Å². The van der Waals surface area contributed by atoms with Crippen LogP contribution in [0, 0.1) is 0 Å². The van der Waals surface area contributed by atoms with Gasteiger partial charge in [0.1, 0.15) is 0 Å². The van der Waals surface area contributed by atoms with Crippen LogP contribution in [-0.2, 0) is 9.53 Å². The van der Waals surface area contributed by atoms with Crippen LogP contribution in [0.5, 0.6) is 0 Å². The highest BCUT2D eigenvalue weighted by atomic mass is 79.9. The molecule has 1 fully saturated rings. The minimum absolute atomic E-state index is 0.242. The third-order valence-electron chi connectivity index (χ3n) is 2.78. The highest BCUT2D eigenvalue weighted by Gasteiger charge is 2.20. The van der Waals surface area contributed by atoms with Crippen molar-refractivity contribution >= 4 is 21.9 Å². The van der Waals surface area contributed by atoms with Gasteiger partial charge in [-0.1, -0.05) is 15.9 Å². The van der Waals surface area contributed by atoms with Crippen LogP contribution in [0.15, 0.2) is 12.3 Å². The Morgan fingerprint density at radius 2 is 2.44 bits per heavy atom. The van der Waals surface area contributed by atoms with Gasteiger partial charge in [0.15, 0.2) is 0 Å². The van der Waals surface area contributed by atoms with E-state index in [1.54, 1.807) is 0 Å². The highest BCUT2D eigenvalue weighted by Crippen LogP contribution is 2.21. The van der Waals surface area contributed by atoms with E-state index < -0.39 is 0 Å². The Kier molecular flexibility index (Phi) is 6.53. The molecule has 0 aliphatic carbocycles. The molecule has 3 nitrogen and oxygen atoms in total. The number of likely N-dealkylation sites (tertiary alicyclic amines) is 1. The minimum atomic E-state index is -0.242. The number of carbonyl (C=O) groups excluding carboxylic acids is 1. The van der Waals surface area contributed by atoms with E-state index in [2.05, 4.69) is 20.8 Å². The molecule has 1 atom stereocenters. The van der Waals surface area contributed by atoms with Crippen LogP contribution in [0.3, 0.4) is 0 Å². The van der Waals surface area contributed by atoms with E-state index in [0.29, 0.717) is 12.6 Å². The summed E-state index contributed by atoms with van der Waals surface area (Å²) in [5.74, 6) is -0.242. The van der Waals surface area contributed by atoms with Crippen LogP contribution in [0.2, 0.25) is 0 Å². The summed E-state index contributed by atoms with van der Waals surface area (Å²) in [6.07, 6.45) is 8.27. The predicted molar refractivity (Wildman–Crippen MR) is 68.5 cm³/mol. The molecular formula is C12H20BrNO2. The summed E-state index contributed by atoms with van der Waals surface area (Å²) < 4.78 is 4.86. The first-order valence-electron chi connectivity index (χ1n) is 5.94. The van der Waals surface area contributed by atoms with E-state index in [1.165, 1.54) is 31.8 Å². The normalized spacial score (nSPS) is 20.6. The number of esters is 1. The molecule has 1 aliphatic heterocycles. The molecule has 1 rings (SSSR count). The number of hydrogen-bond donors (Lipinski definition) is 0. The van der Waals surface area contributed by atoms with Crippen LogP contribution in [-0.4, -0.2) is 35.4 Å². The number of hydrogen-bond acceptors (Lipinski definition) is 3. The van der Waals surface area contributed by atoms with Gasteiger partial charge in [-0.05, 0) is 32.6 Å². The zero-order chi connectivity index (χ0) is 11.8. The van der Waals surface area contributed by atoms with Crippen LogP contribution >= 0.6 is 15.9 Å². The molecule has 0 radical (unpaired) electrons. The van der Waals surface area contributed by atoms with Gasteiger partial charge in [-0.3, -0.25) is 0 Å². The lowest BCUT2D eigenvalue weighted by molar-refractivity contribution is -0.137. The Morgan fingerprint density at radius 1 is 1.62 bits per heavy atom. The smallest absolute Gasteiger partial charge is 0.332 e. The number of carbonyl (C=O) groups is 1. The van der Waals surface area contributed by atoms with Gasteiger partial charge in [0, 0.05) is 30.2 Å². The first-order chi connectivity index (χ1) is 7.77. The van der Waals surface area contributed by atoms with Crippen molar-refractivity contribution in [1.82, 2.24) is 4.90 Å². The maximum absolute atomic E-state index is 11.2. The van der Waals surface area contributed by atoms with Gasteiger partial charge < -0.3 is 9.64 Å². The number of rotatable bonds is 6. The zero-order valence-electron chi connectivity index (χ0n) is 9.82. The molecule has 0 spiro atoms. The Labute approximate surface area is 106 Å². The fourth-order valence-corrected chi connectivity index (χ4v) is 2.35. The van der Waals surface area contributed by atoms with Gasteiger partial charge >= 0.3 is 5.97 Å². The molecule has 1 aliphatic rings. The third-order valence-corrected chi connectivity index (χ3v) is 3.34. The van der Waals surface area contributed by atoms with Crippen LogP contribution < -0.4 is 0 Å². The Morgan fingerprint density at radius 3 is 3.12 bits per heavy atom. The van der Waals surface area contributed by atoms with Crippen molar-refractivity contribution in [3.8, 4) is 0 Å². The summed E-state index contributed by atoms with van der Waals surface area (Å²) in [5, 5.41) is 1.05. The summed E-state index contributed by atoms with van der Waals surface area (Å²) >= 11 is 3.45. The largest absolute Gasteiger partial charge is 0.463 e. The summed E-state index contributed by atoms with van der Waals surface area (Å²) in [4.78, 5) is 13.4. The molecule has 0 N–H and O–H groups in total. The van der Waals surface area contributed by atoms with Gasteiger partial charge in [0.05, 0.1) is 6.61 Å². The van der Waals surface area contributed by atoms with E-state index in [-0.39, 0.29) is 5.97 Å². The second kappa shape index (κ2) is 7.71. The van der Waals surface area contributed by atoms with Crippen molar-refractivity contribution in [2.45, 2.75) is 38.6 Å². The van der Waals surface area contributed by atoms with E-state index in [0.717, 1.165) is 11.9 Å². The van der Waals surface area contributed by atoms with Gasteiger partial charge in [0.25, 0.3) is 0 Å². The monoisotopic (exact) mass is 289 g/mol. The summed E-state index contributed by atoms with van der Waals surface area (Å²) in [7, 11) is 0. The van der Waals surface area contributed by atoms with Gasteiger partial charge in [-0.15, -0.1) is 0 Å².